The topological polar surface area (TPSA) is 92.4 Å². The van der Waals surface area contributed by atoms with Gasteiger partial charge in [0.2, 0.25) is 0 Å². The van der Waals surface area contributed by atoms with Crippen LogP contribution in [0.2, 0.25) is 0 Å². The number of sulfonamides is 1. The Morgan fingerprint density at radius 3 is 3.05 bits per heavy atom. The van der Waals surface area contributed by atoms with Crippen molar-refractivity contribution >= 4 is 16.0 Å². The minimum absolute atomic E-state index is 0.0528. The maximum atomic E-state index is 12.3. The minimum atomic E-state index is -3.59. The molecule has 1 aliphatic rings. The molecule has 0 saturated carbocycles. The number of esters is 1. The summed E-state index contributed by atoms with van der Waals surface area (Å²) < 4.78 is 30.8. The van der Waals surface area contributed by atoms with Crippen molar-refractivity contribution < 1.29 is 17.9 Å². The number of ether oxygens (including phenoxy) is 1. The Balaban J connectivity index is 2.11. The third-order valence-electron chi connectivity index (χ3n) is 3.10. The number of hydrogen-bond donors (Lipinski definition) is 1. The lowest BCUT2D eigenvalue weighted by Crippen LogP contribution is -2.42. The molecule has 7 nitrogen and oxygen atoms in total. The minimum Gasteiger partial charge on any atom is -0.466 e. The third kappa shape index (κ3) is 2.95. The number of aromatic nitrogens is 2. The normalized spacial score (nSPS) is 21.2. The lowest BCUT2D eigenvalue weighted by atomic mass is 10.0. The molecule has 2 rings (SSSR count). The highest BCUT2D eigenvalue weighted by atomic mass is 32.2. The number of imidazole rings is 1. The summed E-state index contributed by atoms with van der Waals surface area (Å²) in [4.78, 5) is 18.0. The van der Waals surface area contributed by atoms with Crippen LogP contribution in [0.1, 0.15) is 19.8 Å². The number of rotatable bonds is 4. The first-order valence-electron chi connectivity index (χ1n) is 6.21. The van der Waals surface area contributed by atoms with Gasteiger partial charge in [-0.3, -0.25) is 4.79 Å². The van der Waals surface area contributed by atoms with Crippen molar-refractivity contribution in [1.29, 1.82) is 0 Å². The fourth-order valence-corrected chi connectivity index (χ4v) is 3.56. The monoisotopic (exact) mass is 287 g/mol. The first kappa shape index (κ1) is 14.0. The van der Waals surface area contributed by atoms with Gasteiger partial charge >= 0.3 is 5.97 Å². The van der Waals surface area contributed by atoms with Crippen LogP contribution < -0.4 is 0 Å². The Labute approximate surface area is 112 Å². The fourth-order valence-electron chi connectivity index (χ4n) is 2.14. The average molecular weight is 287 g/mol. The number of nitrogens with zero attached hydrogens (tertiary/aromatic N) is 2. The SMILES string of the molecule is CCOC(=O)[C@H]1CCCN(S(=O)(=O)c2cnc[nH]2)C1. The zero-order chi connectivity index (χ0) is 13.9. The van der Waals surface area contributed by atoms with E-state index in [2.05, 4.69) is 9.97 Å². The van der Waals surface area contributed by atoms with Gasteiger partial charge in [-0.05, 0) is 19.8 Å². The summed E-state index contributed by atoms with van der Waals surface area (Å²) in [7, 11) is -3.59. The van der Waals surface area contributed by atoms with E-state index in [1.54, 1.807) is 6.92 Å². The Morgan fingerprint density at radius 2 is 2.42 bits per heavy atom. The van der Waals surface area contributed by atoms with Crippen LogP contribution in [0.5, 0.6) is 0 Å². The first-order valence-corrected chi connectivity index (χ1v) is 7.65. The van der Waals surface area contributed by atoms with Crippen LogP contribution in [0.15, 0.2) is 17.6 Å². The van der Waals surface area contributed by atoms with Crippen molar-refractivity contribution in [3.63, 3.8) is 0 Å². The molecule has 8 heteroatoms. The largest absolute Gasteiger partial charge is 0.466 e. The second-order valence-corrected chi connectivity index (χ2v) is 6.28. The number of carbonyl (C=O) groups excluding carboxylic acids is 1. The molecule has 1 atom stereocenters. The number of hydrogen-bond acceptors (Lipinski definition) is 5. The van der Waals surface area contributed by atoms with E-state index < -0.39 is 10.0 Å². The van der Waals surface area contributed by atoms with Crippen LogP contribution in [-0.4, -0.2) is 48.4 Å². The Morgan fingerprint density at radius 1 is 1.63 bits per heavy atom. The van der Waals surface area contributed by atoms with E-state index in [0.29, 0.717) is 26.0 Å². The molecule has 1 aliphatic heterocycles. The van der Waals surface area contributed by atoms with E-state index in [1.807, 2.05) is 0 Å². The second-order valence-electron chi connectivity index (χ2n) is 4.37. The van der Waals surface area contributed by atoms with Gasteiger partial charge in [0.05, 0.1) is 25.0 Å². The standard InChI is InChI=1S/C11H17N3O4S/c1-2-18-11(15)9-4-3-5-14(7-9)19(16,17)10-6-12-8-13-10/h6,8-9H,2-5,7H2,1H3,(H,12,13)/t9-/m0/s1. The second kappa shape index (κ2) is 5.70. The van der Waals surface area contributed by atoms with Gasteiger partial charge in [0.15, 0.2) is 5.03 Å². The molecule has 0 aliphatic carbocycles. The van der Waals surface area contributed by atoms with Gasteiger partial charge in [-0.1, -0.05) is 0 Å². The number of aromatic amines is 1. The van der Waals surface area contributed by atoms with E-state index in [1.165, 1.54) is 16.8 Å². The molecular formula is C11H17N3O4S. The predicted molar refractivity (Wildman–Crippen MR) is 66.7 cm³/mol. The number of H-pyrrole nitrogens is 1. The van der Waals surface area contributed by atoms with Crippen LogP contribution in [0, 0.1) is 5.92 Å². The van der Waals surface area contributed by atoms with Gasteiger partial charge in [-0.25, -0.2) is 13.4 Å². The first-order chi connectivity index (χ1) is 9.05. The summed E-state index contributed by atoms with van der Waals surface area (Å²) in [5, 5.41) is 0.0528. The molecule has 0 amide bonds. The van der Waals surface area contributed by atoms with Gasteiger partial charge < -0.3 is 9.72 Å². The summed E-state index contributed by atoms with van der Waals surface area (Å²) in [5.74, 6) is -0.710. The molecule has 1 aromatic rings. The van der Waals surface area contributed by atoms with E-state index in [0.717, 1.165) is 0 Å². The highest BCUT2D eigenvalue weighted by Crippen LogP contribution is 2.23. The highest BCUT2D eigenvalue weighted by molar-refractivity contribution is 7.89. The summed E-state index contributed by atoms with van der Waals surface area (Å²) in [6.07, 6.45) is 3.90. The smallest absolute Gasteiger partial charge is 0.310 e. The van der Waals surface area contributed by atoms with Gasteiger partial charge in [-0.2, -0.15) is 4.31 Å². The molecule has 106 valence electrons. The molecule has 1 aromatic heterocycles. The maximum absolute atomic E-state index is 12.3. The number of carbonyl (C=O) groups is 1. The Kier molecular flexibility index (Phi) is 4.20. The van der Waals surface area contributed by atoms with E-state index in [9.17, 15) is 13.2 Å². The average Bonchev–Trinajstić information content (AvgIpc) is 2.94. The molecule has 19 heavy (non-hydrogen) atoms. The van der Waals surface area contributed by atoms with Crippen LogP contribution in [0.25, 0.3) is 0 Å². The summed E-state index contributed by atoms with van der Waals surface area (Å²) in [6.45, 7) is 2.62. The summed E-state index contributed by atoms with van der Waals surface area (Å²) in [5.41, 5.74) is 0. The third-order valence-corrected chi connectivity index (χ3v) is 4.89. The molecule has 0 bridgehead atoms. The van der Waals surface area contributed by atoms with Gasteiger partial charge in [0.1, 0.15) is 0 Å². The molecule has 0 aromatic carbocycles. The van der Waals surface area contributed by atoms with Crippen molar-refractivity contribution in [3.8, 4) is 0 Å². The van der Waals surface area contributed by atoms with Crippen molar-refractivity contribution in [1.82, 2.24) is 14.3 Å². The Bertz CT molecular complexity index is 526. The fraction of sp³-hybridized carbons (Fsp3) is 0.636. The molecule has 0 spiro atoms. The molecule has 0 radical (unpaired) electrons. The molecular weight excluding hydrogens is 270 g/mol. The number of piperidine rings is 1. The predicted octanol–water partition coefficient (Wildman–Crippen LogP) is 0.373. The molecule has 1 fully saturated rings. The lowest BCUT2D eigenvalue weighted by molar-refractivity contribution is -0.149. The van der Waals surface area contributed by atoms with Gasteiger partial charge in [0, 0.05) is 13.1 Å². The van der Waals surface area contributed by atoms with Gasteiger partial charge in [0.25, 0.3) is 10.0 Å². The molecule has 1 N–H and O–H groups in total. The van der Waals surface area contributed by atoms with Crippen molar-refractivity contribution in [2.24, 2.45) is 5.92 Å². The van der Waals surface area contributed by atoms with Crippen LogP contribution in [0.3, 0.4) is 0 Å². The van der Waals surface area contributed by atoms with Crippen molar-refractivity contribution in [2.75, 3.05) is 19.7 Å². The van der Waals surface area contributed by atoms with Crippen molar-refractivity contribution in [3.05, 3.63) is 12.5 Å². The van der Waals surface area contributed by atoms with E-state index in [4.69, 9.17) is 4.74 Å². The molecule has 2 heterocycles. The van der Waals surface area contributed by atoms with Crippen LogP contribution in [0.4, 0.5) is 0 Å². The van der Waals surface area contributed by atoms with Crippen molar-refractivity contribution in [2.45, 2.75) is 24.8 Å². The summed E-state index contributed by atoms with van der Waals surface area (Å²) in [6, 6.07) is 0. The highest BCUT2D eigenvalue weighted by Gasteiger charge is 2.34. The zero-order valence-electron chi connectivity index (χ0n) is 10.7. The maximum Gasteiger partial charge on any atom is 0.310 e. The quantitative estimate of drug-likeness (QED) is 0.808. The van der Waals surface area contributed by atoms with Gasteiger partial charge in [-0.15, -0.1) is 0 Å². The van der Waals surface area contributed by atoms with E-state index >= 15 is 0 Å². The van der Waals surface area contributed by atoms with Crippen LogP contribution >= 0.6 is 0 Å². The lowest BCUT2D eigenvalue weighted by Gasteiger charge is -2.30. The molecule has 1 saturated heterocycles. The zero-order valence-corrected chi connectivity index (χ0v) is 11.5. The van der Waals surface area contributed by atoms with E-state index in [-0.39, 0.29) is 23.5 Å². The summed E-state index contributed by atoms with van der Waals surface area (Å²) >= 11 is 0. The molecule has 0 unspecified atom stereocenters. The Hall–Kier alpha value is -1.41. The number of nitrogens with one attached hydrogen (secondary N) is 1. The van der Waals surface area contributed by atoms with Crippen LogP contribution in [-0.2, 0) is 19.6 Å².